The molecule has 1 heterocycles. The molecular weight excluding hydrogens is 296 g/mol. The van der Waals surface area contributed by atoms with Crippen LogP contribution in [0.2, 0.25) is 0 Å². The maximum atomic E-state index is 12.9. The number of amides is 1. The SMILES string of the molecule is CCCC1(C(C)C(=O)NC(C)c2ccc(C)cn2)C=CC(C)CC1. The predicted molar refractivity (Wildman–Crippen MR) is 99.6 cm³/mol. The van der Waals surface area contributed by atoms with Gasteiger partial charge < -0.3 is 5.32 Å². The zero-order valence-corrected chi connectivity index (χ0v) is 15.8. The summed E-state index contributed by atoms with van der Waals surface area (Å²) in [5.74, 6) is 0.743. The number of aryl methyl sites for hydroxylation is 1. The van der Waals surface area contributed by atoms with Crippen LogP contribution in [0.5, 0.6) is 0 Å². The van der Waals surface area contributed by atoms with Gasteiger partial charge in [-0.25, -0.2) is 0 Å². The van der Waals surface area contributed by atoms with Crippen molar-refractivity contribution in [1.29, 1.82) is 0 Å². The Kier molecular flexibility index (Phi) is 6.20. The number of hydrogen-bond acceptors (Lipinski definition) is 2. The Morgan fingerprint density at radius 1 is 1.42 bits per heavy atom. The lowest BCUT2D eigenvalue weighted by molar-refractivity contribution is -0.128. The number of nitrogens with one attached hydrogen (secondary N) is 1. The largest absolute Gasteiger partial charge is 0.348 e. The fraction of sp³-hybridized carbons (Fsp3) is 0.619. The van der Waals surface area contributed by atoms with Crippen molar-refractivity contribution in [2.45, 2.75) is 66.3 Å². The number of nitrogens with zero attached hydrogens (tertiary/aromatic N) is 1. The van der Waals surface area contributed by atoms with Gasteiger partial charge in [-0.15, -0.1) is 0 Å². The molecule has 0 saturated heterocycles. The van der Waals surface area contributed by atoms with E-state index < -0.39 is 0 Å². The molecule has 0 bridgehead atoms. The van der Waals surface area contributed by atoms with E-state index in [0.29, 0.717) is 5.92 Å². The molecule has 4 atom stereocenters. The van der Waals surface area contributed by atoms with E-state index in [1.54, 1.807) is 0 Å². The van der Waals surface area contributed by atoms with Gasteiger partial charge >= 0.3 is 0 Å². The lowest BCUT2D eigenvalue weighted by Crippen LogP contribution is -2.41. The molecule has 1 aromatic heterocycles. The number of carbonyl (C=O) groups is 1. The summed E-state index contributed by atoms with van der Waals surface area (Å²) in [6.07, 6.45) is 10.9. The standard InChI is InChI=1S/C21H32N2O/c1-6-11-21(12-9-15(2)10-13-21)17(4)20(24)23-18(5)19-8-7-16(3)14-22-19/h7-9,12,14-15,17-18H,6,10-11,13H2,1-5H3,(H,23,24). The number of rotatable bonds is 6. The van der Waals surface area contributed by atoms with Gasteiger partial charge in [0.2, 0.25) is 5.91 Å². The molecule has 0 aromatic carbocycles. The molecule has 0 aliphatic heterocycles. The fourth-order valence-electron chi connectivity index (χ4n) is 3.69. The van der Waals surface area contributed by atoms with Crippen molar-refractivity contribution in [3.63, 3.8) is 0 Å². The Hall–Kier alpha value is -1.64. The molecule has 0 fully saturated rings. The average Bonchev–Trinajstić information content (AvgIpc) is 2.57. The van der Waals surface area contributed by atoms with E-state index in [2.05, 4.69) is 43.2 Å². The van der Waals surface area contributed by atoms with Crippen molar-refractivity contribution >= 4 is 5.91 Å². The summed E-state index contributed by atoms with van der Waals surface area (Å²) in [5, 5.41) is 3.17. The normalized spacial score (nSPS) is 26.0. The highest BCUT2D eigenvalue weighted by Crippen LogP contribution is 2.44. The third kappa shape index (κ3) is 4.25. The molecule has 0 saturated carbocycles. The summed E-state index contributed by atoms with van der Waals surface area (Å²) in [7, 11) is 0. The maximum Gasteiger partial charge on any atom is 0.224 e. The van der Waals surface area contributed by atoms with Gasteiger partial charge in [0.15, 0.2) is 0 Å². The number of hydrogen-bond donors (Lipinski definition) is 1. The second-order valence-electron chi connectivity index (χ2n) is 7.57. The van der Waals surface area contributed by atoms with Crippen molar-refractivity contribution < 1.29 is 4.79 Å². The van der Waals surface area contributed by atoms with Crippen LogP contribution < -0.4 is 5.32 Å². The van der Waals surface area contributed by atoms with Gasteiger partial charge in [-0.2, -0.15) is 0 Å². The quantitative estimate of drug-likeness (QED) is 0.749. The van der Waals surface area contributed by atoms with Crippen molar-refractivity contribution in [2.75, 3.05) is 0 Å². The number of pyridine rings is 1. The molecule has 3 nitrogen and oxygen atoms in total. The fourth-order valence-corrected chi connectivity index (χ4v) is 3.69. The lowest BCUT2D eigenvalue weighted by atomic mass is 9.65. The summed E-state index contributed by atoms with van der Waals surface area (Å²) in [4.78, 5) is 17.3. The Morgan fingerprint density at radius 3 is 2.71 bits per heavy atom. The molecule has 132 valence electrons. The summed E-state index contributed by atoms with van der Waals surface area (Å²) in [5.41, 5.74) is 2.05. The first-order valence-corrected chi connectivity index (χ1v) is 9.30. The van der Waals surface area contributed by atoms with Gasteiger partial charge in [0.1, 0.15) is 0 Å². The van der Waals surface area contributed by atoms with Crippen LogP contribution in [0.1, 0.15) is 70.7 Å². The minimum Gasteiger partial charge on any atom is -0.348 e. The minimum absolute atomic E-state index is 0.00572. The van der Waals surface area contributed by atoms with Crippen molar-refractivity contribution in [2.24, 2.45) is 17.3 Å². The minimum atomic E-state index is -0.0641. The first-order valence-electron chi connectivity index (χ1n) is 9.30. The van der Waals surface area contributed by atoms with Crippen LogP contribution in [-0.2, 0) is 4.79 Å². The molecule has 1 N–H and O–H groups in total. The average molecular weight is 329 g/mol. The van der Waals surface area contributed by atoms with E-state index in [-0.39, 0.29) is 23.3 Å². The van der Waals surface area contributed by atoms with E-state index in [9.17, 15) is 4.79 Å². The third-order valence-corrected chi connectivity index (χ3v) is 5.53. The van der Waals surface area contributed by atoms with Crippen molar-refractivity contribution in [3.05, 3.63) is 41.7 Å². The Balaban J connectivity index is 2.09. The van der Waals surface area contributed by atoms with Crippen LogP contribution in [0.15, 0.2) is 30.5 Å². The maximum absolute atomic E-state index is 12.9. The van der Waals surface area contributed by atoms with Gasteiger partial charge in [-0.3, -0.25) is 9.78 Å². The topological polar surface area (TPSA) is 42.0 Å². The molecule has 2 rings (SSSR count). The Bertz CT molecular complexity index is 578. The molecule has 4 unspecified atom stereocenters. The number of carbonyl (C=O) groups excluding carboxylic acids is 1. The summed E-state index contributed by atoms with van der Waals surface area (Å²) >= 11 is 0. The zero-order chi connectivity index (χ0) is 17.7. The van der Waals surface area contributed by atoms with E-state index in [1.165, 1.54) is 6.42 Å². The Labute approximate surface area is 147 Å². The smallest absolute Gasteiger partial charge is 0.224 e. The summed E-state index contributed by atoms with van der Waals surface area (Å²) in [6.45, 7) is 10.6. The summed E-state index contributed by atoms with van der Waals surface area (Å²) in [6, 6.07) is 3.97. The van der Waals surface area contributed by atoms with Crippen LogP contribution in [-0.4, -0.2) is 10.9 Å². The van der Waals surface area contributed by atoms with Crippen LogP contribution in [0.4, 0.5) is 0 Å². The van der Waals surface area contributed by atoms with Gasteiger partial charge in [-0.1, -0.05) is 45.4 Å². The van der Waals surface area contributed by atoms with Crippen molar-refractivity contribution in [3.8, 4) is 0 Å². The molecule has 0 spiro atoms. The third-order valence-electron chi connectivity index (χ3n) is 5.53. The van der Waals surface area contributed by atoms with E-state index >= 15 is 0 Å². The van der Waals surface area contributed by atoms with Gasteiger partial charge in [-0.05, 0) is 56.1 Å². The van der Waals surface area contributed by atoms with E-state index in [1.807, 2.05) is 32.2 Å². The second kappa shape index (κ2) is 7.96. The monoisotopic (exact) mass is 328 g/mol. The van der Waals surface area contributed by atoms with Gasteiger partial charge in [0, 0.05) is 12.1 Å². The molecule has 1 aliphatic carbocycles. The van der Waals surface area contributed by atoms with E-state index in [0.717, 1.165) is 30.5 Å². The first-order chi connectivity index (χ1) is 11.4. The molecule has 24 heavy (non-hydrogen) atoms. The van der Waals surface area contributed by atoms with Crippen molar-refractivity contribution in [1.82, 2.24) is 10.3 Å². The van der Waals surface area contributed by atoms with Crippen LogP contribution in [0, 0.1) is 24.2 Å². The molecule has 1 aliphatic rings. The number of aromatic nitrogens is 1. The van der Waals surface area contributed by atoms with Gasteiger partial charge in [0.05, 0.1) is 11.7 Å². The van der Waals surface area contributed by atoms with Crippen LogP contribution >= 0.6 is 0 Å². The highest BCUT2D eigenvalue weighted by atomic mass is 16.2. The first kappa shape index (κ1) is 18.7. The molecule has 0 radical (unpaired) electrons. The van der Waals surface area contributed by atoms with E-state index in [4.69, 9.17) is 0 Å². The molecule has 3 heteroatoms. The second-order valence-corrected chi connectivity index (χ2v) is 7.57. The zero-order valence-electron chi connectivity index (χ0n) is 15.8. The lowest BCUT2D eigenvalue weighted by Gasteiger charge is -2.39. The Morgan fingerprint density at radius 2 is 2.17 bits per heavy atom. The summed E-state index contributed by atoms with van der Waals surface area (Å²) < 4.78 is 0. The highest BCUT2D eigenvalue weighted by molar-refractivity contribution is 5.80. The van der Waals surface area contributed by atoms with Crippen LogP contribution in [0.25, 0.3) is 0 Å². The molecular formula is C21H32N2O. The number of allylic oxidation sites excluding steroid dienone is 2. The highest BCUT2D eigenvalue weighted by Gasteiger charge is 2.39. The molecule has 1 amide bonds. The van der Waals surface area contributed by atoms with Gasteiger partial charge in [0.25, 0.3) is 0 Å². The predicted octanol–water partition coefficient (Wildman–Crippen LogP) is 4.98. The molecule has 1 aromatic rings. The van der Waals surface area contributed by atoms with Crippen LogP contribution in [0.3, 0.4) is 0 Å².